The van der Waals surface area contributed by atoms with Crippen LogP contribution < -0.4 is 10.5 Å². The fourth-order valence-corrected chi connectivity index (χ4v) is 2.35. The number of esters is 1. The van der Waals surface area contributed by atoms with Crippen molar-refractivity contribution >= 4 is 35.5 Å². The van der Waals surface area contributed by atoms with Gasteiger partial charge in [-0.2, -0.15) is 0 Å². The number of hydrogen-bond donors (Lipinski definition) is 1. The number of hydrogen-bond acceptors (Lipinski definition) is 5. The van der Waals surface area contributed by atoms with E-state index in [9.17, 15) is 9.59 Å². The van der Waals surface area contributed by atoms with Crippen molar-refractivity contribution in [3.63, 3.8) is 0 Å². The highest BCUT2D eigenvalue weighted by Crippen LogP contribution is 2.24. The molecule has 0 bridgehead atoms. The summed E-state index contributed by atoms with van der Waals surface area (Å²) in [5, 5.41) is 0.450. The van der Waals surface area contributed by atoms with Crippen molar-refractivity contribution in [1.82, 2.24) is 0 Å². The lowest BCUT2D eigenvalue weighted by molar-refractivity contribution is -0.130. The number of benzene rings is 2. The third-order valence-electron chi connectivity index (χ3n) is 3.29. The maximum Gasteiger partial charge on any atom is 0.363 e. The first-order valence-corrected chi connectivity index (χ1v) is 7.69. The van der Waals surface area contributed by atoms with Crippen LogP contribution in [0.25, 0.3) is 6.08 Å². The van der Waals surface area contributed by atoms with Gasteiger partial charge in [-0.3, -0.25) is 4.79 Å². The topological polar surface area (TPSA) is 91.0 Å². The standard InChI is InChI=1S/C18H13ClN2O4/c19-14-4-2-1-3-13(14)17-21-15(18(23)25-17)9-11-5-7-12(8-6-11)24-10-16(20)22/h1-9H,10H2,(H2,20,22). The van der Waals surface area contributed by atoms with Crippen molar-refractivity contribution < 1.29 is 19.1 Å². The minimum absolute atomic E-state index is 0.167. The fraction of sp³-hybridized carbons (Fsp3) is 0.0556. The molecule has 1 aliphatic heterocycles. The number of carbonyl (C=O) groups is 2. The quantitative estimate of drug-likeness (QED) is 0.658. The number of cyclic esters (lactones) is 1. The van der Waals surface area contributed by atoms with E-state index in [-0.39, 0.29) is 18.2 Å². The Kier molecular flexibility index (Phi) is 4.81. The van der Waals surface area contributed by atoms with Gasteiger partial charge in [0.1, 0.15) is 5.75 Å². The summed E-state index contributed by atoms with van der Waals surface area (Å²) in [5.74, 6) is -0.441. The number of ether oxygens (including phenoxy) is 2. The Bertz CT molecular complexity index is 888. The molecular weight excluding hydrogens is 344 g/mol. The Labute approximate surface area is 148 Å². The molecule has 1 amide bonds. The SMILES string of the molecule is NC(=O)COc1ccc(C=C2N=C(c3ccccc3Cl)OC2=O)cc1. The van der Waals surface area contributed by atoms with Gasteiger partial charge in [0.25, 0.3) is 5.91 Å². The highest BCUT2D eigenvalue weighted by Gasteiger charge is 2.25. The Hall–Kier alpha value is -3.12. The first-order chi connectivity index (χ1) is 12.0. The van der Waals surface area contributed by atoms with Crippen molar-refractivity contribution in [2.24, 2.45) is 10.7 Å². The van der Waals surface area contributed by atoms with Crippen LogP contribution >= 0.6 is 11.6 Å². The van der Waals surface area contributed by atoms with E-state index in [4.69, 9.17) is 26.8 Å². The summed E-state index contributed by atoms with van der Waals surface area (Å²) in [6.07, 6.45) is 1.59. The van der Waals surface area contributed by atoms with E-state index in [1.807, 2.05) is 0 Å². The van der Waals surface area contributed by atoms with Gasteiger partial charge in [-0.05, 0) is 35.9 Å². The lowest BCUT2D eigenvalue weighted by Crippen LogP contribution is -2.19. The molecule has 6 nitrogen and oxygen atoms in total. The van der Waals surface area contributed by atoms with Gasteiger partial charge in [0.2, 0.25) is 5.90 Å². The Morgan fingerprint density at radius 2 is 1.92 bits per heavy atom. The van der Waals surface area contributed by atoms with Gasteiger partial charge >= 0.3 is 5.97 Å². The third-order valence-corrected chi connectivity index (χ3v) is 3.62. The first-order valence-electron chi connectivity index (χ1n) is 7.31. The smallest absolute Gasteiger partial charge is 0.363 e. The van der Waals surface area contributed by atoms with Crippen LogP contribution in [0.2, 0.25) is 5.02 Å². The molecule has 0 spiro atoms. The van der Waals surface area contributed by atoms with E-state index in [0.29, 0.717) is 16.3 Å². The summed E-state index contributed by atoms with van der Waals surface area (Å²) in [5.41, 5.74) is 6.46. The lowest BCUT2D eigenvalue weighted by Gasteiger charge is -2.03. The summed E-state index contributed by atoms with van der Waals surface area (Å²) in [6, 6.07) is 13.7. The third kappa shape index (κ3) is 4.05. The van der Waals surface area contributed by atoms with Crippen molar-refractivity contribution in [2.75, 3.05) is 6.61 Å². The summed E-state index contributed by atoms with van der Waals surface area (Å²) >= 11 is 6.09. The monoisotopic (exact) mass is 356 g/mol. The van der Waals surface area contributed by atoms with Gasteiger partial charge in [0.05, 0.1) is 10.6 Å². The number of nitrogens with two attached hydrogens (primary N) is 1. The minimum atomic E-state index is -0.554. The molecule has 2 aromatic rings. The largest absolute Gasteiger partial charge is 0.484 e. The number of aliphatic imine (C=N–C) groups is 1. The highest BCUT2D eigenvalue weighted by molar-refractivity contribution is 6.34. The van der Waals surface area contributed by atoms with Crippen molar-refractivity contribution in [3.05, 3.63) is 70.4 Å². The summed E-state index contributed by atoms with van der Waals surface area (Å²) < 4.78 is 10.4. The molecular formula is C18H13ClN2O4. The van der Waals surface area contributed by atoms with Crippen LogP contribution in [0.3, 0.4) is 0 Å². The number of primary amides is 1. The van der Waals surface area contributed by atoms with Gasteiger partial charge < -0.3 is 15.2 Å². The van der Waals surface area contributed by atoms with E-state index >= 15 is 0 Å². The van der Waals surface area contributed by atoms with Crippen LogP contribution in [-0.4, -0.2) is 24.4 Å². The predicted octanol–water partition coefficient (Wildman–Crippen LogP) is 2.55. The molecule has 0 radical (unpaired) electrons. The van der Waals surface area contributed by atoms with E-state index in [1.54, 1.807) is 54.6 Å². The van der Waals surface area contributed by atoms with Crippen molar-refractivity contribution in [3.8, 4) is 5.75 Å². The van der Waals surface area contributed by atoms with Crippen LogP contribution in [-0.2, 0) is 14.3 Å². The molecule has 0 aliphatic carbocycles. The van der Waals surface area contributed by atoms with Crippen LogP contribution in [0.1, 0.15) is 11.1 Å². The molecule has 0 aromatic heterocycles. The molecule has 1 aliphatic rings. The van der Waals surface area contributed by atoms with Crippen LogP contribution in [0, 0.1) is 0 Å². The zero-order chi connectivity index (χ0) is 17.8. The Morgan fingerprint density at radius 1 is 1.20 bits per heavy atom. The Balaban J connectivity index is 1.80. The van der Waals surface area contributed by atoms with Gasteiger partial charge in [-0.1, -0.05) is 35.9 Å². The van der Waals surface area contributed by atoms with E-state index in [1.165, 1.54) is 0 Å². The molecule has 126 valence electrons. The number of halogens is 1. The molecule has 0 fully saturated rings. The second-order valence-corrected chi connectivity index (χ2v) is 5.55. The van der Waals surface area contributed by atoms with Gasteiger partial charge in [0.15, 0.2) is 12.3 Å². The molecule has 2 N–H and O–H groups in total. The number of nitrogens with zero attached hydrogens (tertiary/aromatic N) is 1. The zero-order valence-corrected chi connectivity index (χ0v) is 13.7. The van der Waals surface area contributed by atoms with E-state index in [2.05, 4.69) is 4.99 Å². The number of rotatable bonds is 5. The van der Waals surface area contributed by atoms with Gasteiger partial charge in [-0.25, -0.2) is 9.79 Å². The molecule has 0 unspecified atom stereocenters. The fourth-order valence-electron chi connectivity index (χ4n) is 2.13. The molecule has 0 atom stereocenters. The second-order valence-electron chi connectivity index (χ2n) is 5.14. The zero-order valence-electron chi connectivity index (χ0n) is 12.9. The van der Waals surface area contributed by atoms with E-state index in [0.717, 1.165) is 5.56 Å². The van der Waals surface area contributed by atoms with E-state index < -0.39 is 11.9 Å². The minimum Gasteiger partial charge on any atom is -0.484 e. The average Bonchev–Trinajstić information content (AvgIpc) is 2.95. The molecule has 7 heteroatoms. The average molecular weight is 357 g/mol. The molecule has 1 heterocycles. The molecule has 2 aromatic carbocycles. The first kappa shape index (κ1) is 16.7. The highest BCUT2D eigenvalue weighted by atomic mass is 35.5. The number of carbonyl (C=O) groups excluding carboxylic acids is 2. The molecule has 0 saturated carbocycles. The second kappa shape index (κ2) is 7.19. The molecule has 0 saturated heterocycles. The summed E-state index contributed by atoms with van der Waals surface area (Å²) in [4.78, 5) is 26.9. The maximum atomic E-state index is 12.0. The van der Waals surface area contributed by atoms with Gasteiger partial charge in [0, 0.05) is 0 Å². The van der Waals surface area contributed by atoms with Crippen molar-refractivity contribution in [2.45, 2.75) is 0 Å². The van der Waals surface area contributed by atoms with Crippen LogP contribution in [0.5, 0.6) is 5.75 Å². The van der Waals surface area contributed by atoms with Crippen LogP contribution in [0.15, 0.2) is 59.2 Å². The number of amides is 1. The summed E-state index contributed by atoms with van der Waals surface area (Å²) in [7, 11) is 0. The lowest BCUT2D eigenvalue weighted by atomic mass is 10.2. The summed E-state index contributed by atoms with van der Waals surface area (Å²) in [6.45, 7) is -0.196. The molecule has 3 rings (SSSR count). The maximum absolute atomic E-state index is 12.0. The normalized spacial score (nSPS) is 15.0. The van der Waals surface area contributed by atoms with Gasteiger partial charge in [-0.15, -0.1) is 0 Å². The molecule has 25 heavy (non-hydrogen) atoms. The Morgan fingerprint density at radius 3 is 2.60 bits per heavy atom. The van der Waals surface area contributed by atoms with Crippen LogP contribution in [0.4, 0.5) is 0 Å². The van der Waals surface area contributed by atoms with Crippen molar-refractivity contribution in [1.29, 1.82) is 0 Å². The predicted molar refractivity (Wildman–Crippen MR) is 93.2 cm³/mol.